The minimum Gasteiger partial charge on any atom is -0.337 e. The maximum absolute atomic E-state index is 13.3. The zero-order valence-electron chi connectivity index (χ0n) is 17.7. The van der Waals surface area contributed by atoms with Gasteiger partial charge in [-0.15, -0.1) is 0 Å². The lowest BCUT2D eigenvalue weighted by Gasteiger charge is -2.30. The fourth-order valence-electron chi connectivity index (χ4n) is 5.72. The number of rotatable bonds is 4. The van der Waals surface area contributed by atoms with Gasteiger partial charge in [0.2, 0.25) is 5.95 Å². The minimum absolute atomic E-state index is 0.0451. The maximum atomic E-state index is 13.3. The molecule has 3 atom stereocenters. The molecule has 7 heteroatoms. The van der Waals surface area contributed by atoms with Crippen molar-refractivity contribution < 1.29 is 4.79 Å². The van der Waals surface area contributed by atoms with E-state index in [4.69, 9.17) is 4.98 Å². The largest absolute Gasteiger partial charge is 0.337 e. The summed E-state index contributed by atoms with van der Waals surface area (Å²) in [6.07, 6.45) is 10.5. The zero-order chi connectivity index (χ0) is 21.1. The van der Waals surface area contributed by atoms with Gasteiger partial charge in [-0.1, -0.05) is 0 Å². The van der Waals surface area contributed by atoms with Crippen LogP contribution in [0.25, 0.3) is 0 Å². The van der Waals surface area contributed by atoms with Gasteiger partial charge in [0.15, 0.2) is 6.19 Å². The summed E-state index contributed by atoms with van der Waals surface area (Å²) < 4.78 is 0. The van der Waals surface area contributed by atoms with E-state index in [-0.39, 0.29) is 18.0 Å². The molecule has 31 heavy (non-hydrogen) atoms. The van der Waals surface area contributed by atoms with Crippen molar-refractivity contribution in [2.75, 3.05) is 18.5 Å². The standard InChI is InChI=1S/C24H26N6O/c1-28(22-13-18-5-7-21(22)30(18)14-25)23(31)17-4-6-20-16(12-17)9-11-29(20)24-26-10-8-19(27-24)15-2-3-15/h4,6,8,10,12,15,18,21-22H,2-3,5,7,9,11,13H2,1H3/t18-,21+,22+/m1/s1. The Morgan fingerprint density at radius 1 is 1.23 bits per heavy atom. The molecule has 6 rings (SSSR count). The van der Waals surface area contributed by atoms with Gasteiger partial charge in [-0.25, -0.2) is 9.97 Å². The van der Waals surface area contributed by atoms with Gasteiger partial charge in [-0.05, 0) is 68.4 Å². The lowest BCUT2D eigenvalue weighted by Crippen LogP contribution is -2.44. The van der Waals surface area contributed by atoms with Crippen molar-refractivity contribution in [3.05, 3.63) is 47.3 Å². The fraction of sp³-hybridized carbons (Fsp3) is 0.500. The van der Waals surface area contributed by atoms with Crippen LogP contribution in [0.5, 0.6) is 0 Å². The molecule has 0 radical (unpaired) electrons. The van der Waals surface area contributed by atoms with Crippen LogP contribution < -0.4 is 4.90 Å². The van der Waals surface area contributed by atoms with Crippen LogP contribution in [0.1, 0.15) is 59.6 Å². The third kappa shape index (κ3) is 2.96. The molecule has 1 amide bonds. The van der Waals surface area contributed by atoms with E-state index in [9.17, 15) is 10.1 Å². The molecular formula is C24H26N6O. The van der Waals surface area contributed by atoms with Crippen LogP contribution in [0.2, 0.25) is 0 Å². The van der Waals surface area contributed by atoms with Crippen LogP contribution in [0.15, 0.2) is 30.5 Å². The Kier molecular flexibility index (Phi) is 4.17. The molecule has 1 aliphatic carbocycles. The summed E-state index contributed by atoms with van der Waals surface area (Å²) in [5, 5.41) is 9.44. The molecule has 4 aliphatic rings. The van der Waals surface area contributed by atoms with Crippen LogP contribution in [0.4, 0.5) is 11.6 Å². The number of benzene rings is 1. The summed E-state index contributed by atoms with van der Waals surface area (Å²) in [7, 11) is 1.89. The number of fused-ring (bicyclic) bond motifs is 3. The fourth-order valence-corrected chi connectivity index (χ4v) is 5.72. The number of hydrogen-bond acceptors (Lipinski definition) is 6. The van der Waals surface area contributed by atoms with E-state index in [1.165, 1.54) is 18.4 Å². The molecule has 7 nitrogen and oxygen atoms in total. The van der Waals surface area contributed by atoms with Crippen LogP contribution in [0, 0.1) is 11.5 Å². The Hall–Kier alpha value is -3.14. The molecule has 1 aromatic heterocycles. The number of amides is 1. The van der Waals surface area contributed by atoms with Crippen molar-refractivity contribution in [3.63, 3.8) is 0 Å². The Labute approximate surface area is 182 Å². The summed E-state index contributed by atoms with van der Waals surface area (Å²) in [4.78, 5) is 28.5. The first-order chi connectivity index (χ1) is 15.1. The molecular weight excluding hydrogens is 388 g/mol. The van der Waals surface area contributed by atoms with Gasteiger partial charge in [-0.3, -0.25) is 4.79 Å². The van der Waals surface area contributed by atoms with Crippen molar-refractivity contribution in [2.24, 2.45) is 0 Å². The zero-order valence-corrected chi connectivity index (χ0v) is 17.7. The highest BCUT2D eigenvalue weighted by atomic mass is 16.2. The highest BCUT2D eigenvalue weighted by Crippen LogP contribution is 2.41. The summed E-state index contributed by atoms with van der Waals surface area (Å²) in [6.45, 7) is 0.834. The average Bonchev–Trinajstić information content (AvgIpc) is 3.33. The van der Waals surface area contributed by atoms with Gasteiger partial charge >= 0.3 is 0 Å². The molecule has 2 saturated heterocycles. The monoisotopic (exact) mass is 414 g/mol. The molecule has 2 aromatic rings. The Morgan fingerprint density at radius 2 is 2.10 bits per heavy atom. The van der Waals surface area contributed by atoms with Crippen molar-refractivity contribution in [1.82, 2.24) is 19.8 Å². The van der Waals surface area contributed by atoms with Gasteiger partial charge in [-0.2, -0.15) is 5.26 Å². The van der Waals surface area contributed by atoms with Crippen molar-refractivity contribution in [2.45, 2.75) is 62.6 Å². The van der Waals surface area contributed by atoms with E-state index >= 15 is 0 Å². The molecule has 3 fully saturated rings. The summed E-state index contributed by atoms with van der Waals surface area (Å²) in [5.41, 5.74) is 4.14. The minimum atomic E-state index is 0.0451. The van der Waals surface area contributed by atoms with Crippen molar-refractivity contribution in [3.8, 4) is 6.19 Å². The molecule has 2 bridgehead atoms. The Balaban J connectivity index is 1.22. The van der Waals surface area contributed by atoms with E-state index in [0.29, 0.717) is 12.0 Å². The molecule has 0 unspecified atom stereocenters. The molecule has 3 aliphatic heterocycles. The average molecular weight is 415 g/mol. The molecule has 0 spiro atoms. The smallest absolute Gasteiger partial charge is 0.253 e. The second-order valence-corrected chi connectivity index (χ2v) is 9.33. The first-order valence-electron chi connectivity index (χ1n) is 11.3. The molecule has 0 N–H and O–H groups in total. The number of carbonyl (C=O) groups is 1. The van der Waals surface area contributed by atoms with Gasteiger partial charge in [0.25, 0.3) is 5.91 Å². The highest BCUT2D eigenvalue weighted by molar-refractivity contribution is 5.95. The number of nitriles is 1. The number of hydrogen-bond donors (Lipinski definition) is 0. The van der Waals surface area contributed by atoms with Crippen LogP contribution in [-0.2, 0) is 6.42 Å². The molecule has 158 valence electrons. The second-order valence-electron chi connectivity index (χ2n) is 9.33. The summed E-state index contributed by atoms with van der Waals surface area (Å²) in [5.74, 6) is 1.41. The van der Waals surface area contributed by atoms with E-state index in [1.54, 1.807) is 0 Å². The van der Waals surface area contributed by atoms with Crippen molar-refractivity contribution in [1.29, 1.82) is 5.26 Å². The highest BCUT2D eigenvalue weighted by Gasteiger charge is 2.48. The summed E-state index contributed by atoms with van der Waals surface area (Å²) >= 11 is 0. The van der Waals surface area contributed by atoms with Crippen molar-refractivity contribution >= 4 is 17.5 Å². The Morgan fingerprint density at radius 3 is 2.87 bits per heavy atom. The van der Waals surface area contributed by atoms with Crippen LogP contribution in [-0.4, -0.2) is 57.4 Å². The van der Waals surface area contributed by atoms with E-state index in [2.05, 4.69) is 16.1 Å². The summed E-state index contributed by atoms with van der Waals surface area (Å²) in [6, 6.07) is 8.62. The van der Waals surface area contributed by atoms with Gasteiger partial charge in [0.05, 0.1) is 12.1 Å². The van der Waals surface area contributed by atoms with Crippen LogP contribution >= 0.6 is 0 Å². The van der Waals surface area contributed by atoms with E-state index in [1.807, 2.05) is 47.3 Å². The first kappa shape index (κ1) is 18.6. The second kappa shape index (κ2) is 6.94. The third-order valence-electron chi connectivity index (χ3n) is 7.56. The third-order valence-corrected chi connectivity index (χ3v) is 7.56. The number of aromatic nitrogens is 2. The molecule has 4 heterocycles. The van der Waals surface area contributed by atoms with E-state index < -0.39 is 0 Å². The topological polar surface area (TPSA) is 76.4 Å². The van der Waals surface area contributed by atoms with E-state index in [0.717, 1.165) is 55.1 Å². The van der Waals surface area contributed by atoms with Gasteiger partial charge in [0, 0.05) is 48.7 Å². The predicted molar refractivity (Wildman–Crippen MR) is 116 cm³/mol. The predicted octanol–water partition coefficient (Wildman–Crippen LogP) is 3.21. The van der Waals surface area contributed by atoms with Gasteiger partial charge in [0.1, 0.15) is 0 Å². The number of nitrogens with zero attached hydrogens (tertiary/aromatic N) is 6. The first-order valence-corrected chi connectivity index (χ1v) is 11.3. The number of anilines is 2. The quantitative estimate of drug-likeness (QED) is 0.715. The number of likely N-dealkylation sites (N-methyl/N-ethyl adjacent to an activating group) is 1. The molecule has 1 aromatic carbocycles. The van der Waals surface area contributed by atoms with Crippen LogP contribution in [0.3, 0.4) is 0 Å². The Bertz CT molecular complexity index is 1090. The lowest BCUT2D eigenvalue weighted by molar-refractivity contribution is 0.0699. The SMILES string of the molecule is CN(C(=O)c1ccc2c(c1)CCN2c1nccc(C2CC2)n1)[C@H]1C[C@H]2CC[C@@H]1N2C#N. The number of carbonyl (C=O) groups excluding carboxylic acids is 1. The normalized spacial score (nSPS) is 26.1. The van der Waals surface area contributed by atoms with Gasteiger partial charge < -0.3 is 14.7 Å². The maximum Gasteiger partial charge on any atom is 0.253 e. The molecule has 1 saturated carbocycles. The lowest BCUT2D eigenvalue weighted by atomic mass is 9.94.